The van der Waals surface area contributed by atoms with E-state index in [1.54, 1.807) is 0 Å². The van der Waals surface area contributed by atoms with Crippen molar-refractivity contribution in [3.05, 3.63) is 22.2 Å². The molecule has 0 fully saturated rings. The van der Waals surface area contributed by atoms with Gasteiger partial charge in [-0.1, -0.05) is 23.2 Å². The Bertz CT molecular complexity index is 551. The normalized spacial score (nSPS) is 12.0. The first-order valence-electron chi connectivity index (χ1n) is 6.39. The van der Waals surface area contributed by atoms with Crippen LogP contribution in [-0.4, -0.2) is 33.2 Å². The highest BCUT2D eigenvalue weighted by Gasteiger charge is 2.27. The van der Waals surface area contributed by atoms with E-state index in [1.165, 1.54) is 39.8 Å². The minimum absolute atomic E-state index is 0.152. The topological polar surface area (TPSA) is 98.7 Å². The number of carbonyl (C=O) groups is 2. The highest BCUT2D eigenvalue weighted by molar-refractivity contribution is 6.42. The molecule has 0 aliphatic heterocycles. The zero-order chi connectivity index (χ0) is 17.3. The molecule has 0 saturated carbocycles. The minimum Gasteiger partial charge on any atom is -0.381 e. The third-order valence-corrected chi connectivity index (χ3v) is 3.39. The summed E-state index contributed by atoms with van der Waals surface area (Å²) in [4.78, 5) is 23.7. The predicted octanol–water partition coefficient (Wildman–Crippen LogP) is 2.41. The van der Waals surface area contributed by atoms with Crippen LogP contribution in [0, 0.1) is 0 Å². The van der Waals surface area contributed by atoms with Crippen molar-refractivity contribution in [1.82, 2.24) is 0 Å². The number of benzene rings is 1. The van der Waals surface area contributed by atoms with Gasteiger partial charge in [0.1, 0.15) is 11.2 Å². The summed E-state index contributed by atoms with van der Waals surface area (Å²) in [5, 5.41) is 24.6. The number of aliphatic hydroxyl groups is 2. The molecule has 0 unspecified atom stereocenters. The van der Waals surface area contributed by atoms with Crippen LogP contribution >= 0.6 is 23.2 Å². The Morgan fingerprint density at radius 2 is 1.14 bits per heavy atom. The predicted molar refractivity (Wildman–Crippen MR) is 86.3 cm³/mol. The molecular formula is C14H18Cl2N2O4. The molecule has 22 heavy (non-hydrogen) atoms. The van der Waals surface area contributed by atoms with E-state index >= 15 is 0 Å². The lowest BCUT2D eigenvalue weighted by molar-refractivity contribution is -0.131. The fraction of sp³-hybridized carbons (Fsp3) is 0.429. The van der Waals surface area contributed by atoms with Crippen molar-refractivity contribution < 1.29 is 19.8 Å². The first-order valence-corrected chi connectivity index (χ1v) is 7.14. The minimum atomic E-state index is -1.62. The van der Waals surface area contributed by atoms with Crippen molar-refractivity contribution in [2.24, 2.45) is 0 Å². The molecule has 2 amide bonds. The van der Waals surface area contributed by atoms with E-state index in [0.29, 0.717) is 0 Å². The van der Waals surface area contributed by atoms with Gasteiger partial charge in [0.2, 0.25) is 0 Å². The Morgan fingerprint density at radius 1 is 0.864 bits per heavy atom. The van der Waals surface area contributed by atoms with Crippen LogP contribution in [0.1, 0.15) is 27.7 Å². The van der Waals surface area contributed by atoms with Gasteiger partial charge in [-0.25, -0.2) is 0 Å². The molecule has 122 valence electrons. The Balaban J connectivity index is 3.18. The monoisotopic (exact) mass is 348 g/mol. The molecular weight excluding hydrogens is 331 g/mol. The van der Waals surface area contributed by atoms with E-state index < -0.39 is 23.0 Å². The summed E-state index contributed by atoms with van der Waals surface area (Å²) >= 11 is 11.8. The molecule has 4 N–H and O–H groups in total. The van der Waals surface area contributed by atoms with Gasteiger partial charge >= 0.3 is 0 Å². The summed E-state index contributed by atoms with van der Waals surface area (Å²) in [6.45, 7) is 5.26. The van der Waals surface area contributed by atoms with E-state index in [0.717, 1.165) is 0 Å². The number of carbonyl (C=O) groups excluding carboxylic acids is 2. The van der Waals surface area contributed by atoms with Gasteiger partial charge in [0.25, 0.3) is 11.8 Å². The quantitative estimate of drug-likeness (QED) is 0.671. The highest BCUT2D eigenvalue weighted by atomic mass is 35.5. The number of anilines is 2. The van der Waals surface area contributed by atoms with Gasteiger partial charge in [0.05, 0.1) is 21.4 Å². The van der Waals surface area contributed by atoms with Crippen LogP contribution in [0.15, 0.2) is 12.1 Å². The highest BCUT2D eigenvalue weighted by Crippen LogP contribution is 2.33. The maximum atomic E-state index is 11.9. The van der Waals surface area contributed by atoms with Crippen molar-refractivity contribution in [3.8, 4) is 0 Å². The van der Waals surface area contributed by atoms with Crippen LogP contribution in [0.5, 0.6) is 0 Å². The van der Waals surface area contributed by atoms with Gasteiger partial charge in [-0.3, -0.25) is 9.59 Å². The molecule has 0 spiro atoms. The summed E-state index contributed by atoms with van der Waals surface area (Å²) < 4.78 is 0. The average Bonchev–Trinajstić information content (AvgIpc) is 2.32. The van der Waals surface area contributed by atoms with Crippen LogP contribution in [0.2, 0.25) is 10.0 Å². The fourth-order valence-corrected chi connectivity index (χ4v) is 1.63. The fourth-order valence-electron chi connectivity index (χ4n) is 1.30. The van der Waals surface area contributed by atoms with E-state index in [9.17, 15) is 19.8 Å². The maximum absolute atomic E-state index is 11.9. The van der Waals surface area contributed by atoms with E-state index in [-0.39, 0.29) is 21.4 Å². The van der Waals surface area contributed by atoms with Crippen LogP contribution in [0.3, 0.4) is 0 Å². The van der Waals surface area contributed by atoms with Crippen LogP contribution in [-0.2, 0) is 9.59 Å². The molecule has 8 heteroatoms. The zero-order valence-corrected chi connectivity index (χ0v) is 14.1. The molecule has 0 saturated heterocycles. The molecule has 0 bridgehead atoms. The smallest absolute Gasteiger partial charge is 0.255 e. The van der Waals surface area contributed by atoms with Gasteiger partial charge < -0.3 is 20.8 Å². The summed E-state index contributed by atoms with van der Waals surface area (Å²) in [5.74, 6) is -1.38. The molecule has 0 aliphatic carbocycles. The van der Waals surface area contributed by atoms with Crippen molar-refractivity contribution in [2.75, 3.05) is 10.6 Å². The Morgan fingerprint density at radius 3 is 1.36 bits per heavy atom. The van der Waals surface area contributed by atoms with Crippen molar-refractivity contribution in [2.45, 2.75) is 38.9 Å². The SMILES string of the molecule is CC(C)(O)C(=O)Nc1cc(Cl)c(Cl)cc1NC(=O)C(C)(C)O. The second-order valence-corrected chi connectivity index (χ2v) is 6.65. The lowest BCUT2D eigenvalue weighted by Gasteiger charge is -2.21. The third-order valence-electron chi connectivity index (χ3n) is 2.67. The lowest BCUT2D eigenvalue weighted by atomic mass is 10.1. The molecule has 1 aromatic carbocycles. The first kappa shape index (κ1) is 18.7. The number of rotatable bonds is 4. The Hall–Kier alpha value is -1.34. The number of nitrogens with one attached hydrogen (secondary N) is 2. The van der Waals surface area contributed by atoms with Gasteiger partial charge in [0, 0.05) is 0 Å². The summed E-state index contributed by atoms with van der Waals surface area (Å²) in [6, 6.07) is 2.68. The molecule has 1 aromatic rings. The number of amides is 2. The van der Waals surface area contributed by atoms with Crippen molar-refractivity contribution >= 4 is 46.4 Å². The van der Waals surface area contributed by atoms with E-state index in [2.05, 4.69) is 10.6 Å². The van der Waals surface area contributed by atoms with Gasteiger partial charge in [-0.05, 0) is 39.8 Å². The molecule has 1 rings (SSSR count). The Labute approximate surface area is 138 Å². The van der Waals surface area contributed by atoms with Gasteiger partial charge in [-0.15, -0.1) is 0 Å². The molecule has 6 nitrogen and oxygen atoms in total. The third kappa shape index (κ3) is 4.84. The van der Waals surface area contributed by atoms with Gasteiger partial charge in [0.15, 0.2) is 0 Å². The number of hydrogen-bond acceptors (Lipinski definition) is 4. The molecule has 0 aromatic heterocycles. The van der Waals surface area contributed by atoms with Crippen LogP contribution in [0.4, 0.5) is 11.4 Å². The summed E-state index contributed by atoms with van der Waals surface area (Å²) in [7, 11) is 0. The second-order valence-electron chi connectivity index (χ2n) is 5.84. The average molecular weight is 349 g/mol. The molecule has 0 heterocycles. The first-order chi connectivity index (χ1) is 9.82. The standard InChI is InChI=1S/C14H18Cl2N2O4/c1-13(2,21)11(19)17-9-5-7(15)8(16)6-10(9)18-12(20)14(3,4)22/h5-6,21-22H,1-4H3,(H,17,19)(H,18,20). The number of halogens is 2. The maximum Gasteiger partial charge on any atom is 0.255 e. The van der Waals surface area contributed by atoms with Crippen molar-refractivity contribution in [1.29, 1.82) is 0 Å². The summed E-state index contributed by atoms with van der Waals surface area (Å²) in [6.07, 6.45) is 0. The van der Waals surface area contributed by atoms with Crippen LogP contribution in [0.25, 0.3) is 0 Å². The largest absolute Gasteiger partial charge is 0.381 e. The van der Waals surface area contributed by atoms with Gasteiger partial charge in [-0.2, -0.15) is 0 Å². The summed E-state index contributed by atoms with van der Waals surface area (Å²) in [5.41, 5.74) is -2.94. The molecule has 0 radical (unpaired) electrons. The lowest BCUT2D eigenvalue weighted by Crippen LogP contribution is -2.38. The molecule has 0 aliphatic rings. The second kappa shape index (κ2) is 6.42. The number of hydrogen-bond donors (Lipinski definition) is 4. The van der Waals surface area contributed by atoms with Crippen molar-refractivity contribution in [3.63, 3.8) is 0 Å². The van der Waals surface area contributed by atoms with Crippen LogP contribution < -0.4 is 10.6 Å². The Kier molecular flexibility index (Phi) is 5.46. The zero-order valence-electron chi connectivity index (χ0n) is 12.6. The molecule has 0 atom stereocenters. The van der Waals surface area contributed by atoms with E-state index in [1.807, 2.05) is 0 Å². The van der Waals surface area contributed by atoms with E-state index in [4.69, 9.17) is 23.2 Å².